The Morgan fingerprint density at radius 3 is 2.44 bits per heavy atom. The topological polar surface area (TPSA) is 65.5 Å². The highest BCUT2D eigenvalue weighted by molar-refractivity contribution is 6.03. The van der Waals surface area contributed by atoms with Gasteiger partial charge in [0.05, 0.1) is 11.9 Å². The summed E-state index contributed by atoms with van der Waals surface area (Å²) in [5, 5.41) is 2.82. The number of anilines is 2. The number of amides is 2. The lowest BCUT2D eigenvalue weighted by Gasteiger charge is -2.35. The van der Waals surface area contributed by atoms with E-state index >= 15 is 0 Å². The molecule has 0 spiro atoms. The molecule has 1 fully saturated rings. The van der Waals surface area contributed by atoms with E-state index in [1.807, 2.05) is 36.1 Å². The molecular formula is C19H22N4O2. The summed E-state index contributed by atoms with van der Waals surface area (Å²) in [6.07, 6.45) is 1.76. The summed E-state index contributed by atoms with van der Waals surface area (Å²) in [5.74, 6) is 0.476. The molecule has 1 saturated heterocycles. The van der Waals surface area contributed by atoms with Gasteiger partial charge in [0.1, 0.15) is 5.82 Å². The van der Waals surface area contributed by atoms with Crippen molar-refractivity contribution in [3.63, 3.8) is 0 Å². The van der Waals surface area contributed by atoms with Crippen molar-refractivity contribution in [2.24, 2.45) is 0 Å². The van der Waals surface area contributed by atoms with Crippen LogP contribution < -0.4 is 10.2 Å². The first-order valence-electron chi connectivity index (χ1n) is 8.37. The second kappa shape index (κ2) is 7.34. The van der Waals surface area contributed by atoms with Gasteiger partial charge in [0.15, 0.2) is 0 Å². The van der Waals surface area contributed by atoms with E-state index in [0.29, 0.717) is 11.4 Å². The lowest BCUT2D eigenvalue weighted by molar-refractivity contribution is -0.129. The van der Waals surface area contributed by atoms with Gasteiger partial charge >= 0.3 is 0 Å². The average Bonchev–Trinajstić information content (AvgIpc) is 2.62. The fraction of sp³-hybridized carbons (Fsp3) is 0.316. The van der Waals surface area contributed by atoms with Gasteiger partial charge < -0.3 is 15.1 Å². The van der Waals surface area contributed by atoms with Crippen LogP contribution >= 0.6 is 0 Å². The molecule has 25 heavy (non-hydrogen) atoms. The Balaban J connectivity index is 1.61. The first-order valence-corrected chi connectivity index (χ1v) is 8.37. The van der Waals surface area contributed by atoms with E-state index in [9.17, 15) is 9.59 Å². The highest BCUT2D eigenvalue weighted by atomic mass is 16.2. The molecule has 3 rings (SSSR count). The van der Waals surface area contributed by atoms with Crippen LogP contribution in [0.15, 0.2) is 42.6 Å². The summed E-state index contributed by atoms with van der Waals surface area (Å²) in [7, 11) is 0. The molecular weight excluding hydrogens is 316 g/mol. The summed E-state index contributed by atoms with van der Waals surface area (Å²) in [6, 6.07) is 11.2. The molecule has 1 aliphatic rings. The number of hydrogen-bond donors (Lipinski definition) is 1. The van der Waals surface area contributed by atoms with Crippen LogP contribution in [0.4, 0.5) is 11.5 Å². The molecule has 130 valence electrons. The van der Waals surface area contributed by atoms with Crippen molar-refractivity contribution in [2.75, 3.05) is 36.4 Å². The molecule has 2 aromatic rings. The molecule has 1 N–H and O–H groups in total. The van der Waals surface area contributed by atoms with Crippen LogP contribution in [-0.2, 0) is 4.79 Å². The number of nitrogens with one attached hydrogen (secondary N) is 1. The third-order valence-electron chi connectivity index (χ3n) is 4.36. The third-order valence-corrected chi connectivity index (χ3v) is 4.36. The number of aryl methyl sites for hydroxylation is 1. The maximum absolute atomic E-state index is 12.3. The quantitative estimate of drug-likeness (QED) is 0.933. The minimum Gasteiger partial charge on any atom is -0.367 e. The lowest BCUT2D eigenvalue weighted by atomic mass is 10.1. The Morgan fingerprint density at radius 1 is 1.08 bits per heavy atom. The molecule has 0 bridgehead atoms. The average molecular weight is 338 g/mol. The maximum atomic E-state index is 12.3. The Labute approximate surface area is 147 Å². The zero-order valence-corrected chi connectivity index (χ0v) is 14.5. The number of pyridine rings is 1. The van der Waals surface area contributed by atoms with Gasteiger partial charge in [-0.05, 0) is 31.2 Å². The number of aromatic nitrogens is 1. The molecule has 0 aliphatic carbocycles. The summed E-state index contributed by atoms with van der Waals surface area (Å²) in [4.78, 5) is 32.0. The van der Waals surface area contributed by atoms with E-state index < -0.39 is 0 Å². The predicted octanol–water partition coefficient (Wildman–Crippen LogP) is 2.31. The summed E-state index contributed by atoms with van der Waals surface area (Å²) >= 11 is 0. The van der Waals surface area contributed by atoms with Crippen molar-refractivity contribution in [1.82, 2.24) is 9.88 Å². The first-order chi connectivity index (χ1) is 12.0. The summed E-state index contributed by atoms with van der Waals surface area (Å²) < 4.78 is 0. The van der Waals surface area contributed by atoms with Gasteiger partial charge in [0.25, 0.3) is 5.91 Å². The molecule has 0 atom stereocenters. The van der Waals surface area contributed by atoms with Crippen LogP contribution in [0.3, 0.4) is 0 Å². The molecule has 1 aromatic heterocycles. The molecule has 2 amide bonds. The van der Waals surface area contributed by atoms with Crippen LogP contribution in [0.5, 0.6) is 0 Å². The van der Waals surface area contributed by atoms with Crippen LogP contribution in [0, 0.1) is 6.92 Å². The monoisotopic (exact) mass is 338 g/mol. The standard InChI is InChI=1S/C19H22N4O2/c1-14-4-3-5-16(12-14)19(25)21-18-7-6-17(13-20-18)23-10-8-22(9-11-23)15(2)24/h3-7,12-13H,8-11H2,1-2H3,(H,20,21,25). The van der Waals surface area contributed by atoms with Gasteiger partial charge in [-0.15, -0.1) is 0 Å². The molecule has 2 heterocycles. The van der Waals surface area contributed by atoms with Gasteiger partial charge in [-0.1, -0.05) is 17.7 Å². The molecule has 0 radical (unpaired) electrons. The zero-order chi connectivity index (χ0) is 17.8. The number of hydrogen-bond acceptors (Lipinski definition) is 4. The maximum Gasteiger partial charge on any atom is 0.256 e. The predicted molar refractivity (Wildman–Crippen MR) is 97.8 cm³/mol. The fourth-order valence-electron chi connectivity index (χ4n) is 2.90. The van der Waals surface area contributed by atoms with Crippen LogP contribution in [0.2, 0.25) is 0 Å². The van der Waals surface area contributed by atoms with Crippen molar-refractivity contribution in [3.8, 4) is 0 Å². The summed E-state index contributed by atoms with van der Waals surface area (Å²) in [6.45, 7) is 6.58. The minimum absolute atomic E-state index is 0.118. The van der Waals surface area contributed by atoms with E-state index in [4.69, 9.17) is 0 Å². The highest BCUT2D eigenvalue weighted by Crippen LogP contribution is 2.18. The second-order valence-corrected chi connectivity index (χ2v) is 6.22. The number of carbonyl (C=O) groups is 2. The van der Waals surface area contributed by atoms with E-state index in [-0.39, 0.29) is 11.8 Å². The highest BCUT2D eigenvalue weighted by Gasteiger charge is 2.19. The Bertz CT molecular complexity index is 765. The molecule has 0 saturated carbocycles. The van der Waals surface area contributed by atoms with Gasteiger partial charge in [-0.25, -0.2) is 4.98 Å². The third kappa shape index (κ3) is 4.15. The minimum atomic E-state index is -0.168. The largest absolute Gasteiger partial charge is 0.367 e. The van der Waals surface area contributed by atoms with Crippen LogP contribution in [-0.4, -0.2) is 47.9 Å². The molecule has 1 aromatic carbocycles. The van der Waals surface area contributed by atoms with E-state index in [1.165, 1.54) is 0 Å². The van der Waals surface area contributed by atoms with Crippen LogP contribution in [0.1, 0.15) is 22.8 Å². The number of piperazine rings is 1. The first kappa shape index (κ1) is 17.0. The lowest BCUT2D eigenvalue weighted by Crippen LogP contribution is -2.48. The number of benzene rings is 1. The van der Waals surface area contributed by atoms with Crippen molar-refractivity contribution in [1.29, 1.82) is 0 Å². The summed E-state index contributed by atoms with van der Waals surface area (Å²) in [5.41, 5.74) is 2.66. The van der Waals surface area contributed by atoms with E-state index in [2.05, 4.69) is 15.2 Å². The Morgan fingerprint density at radius 2 is 1.84 bits per heavy atom. The van der Waals surface area contributed by atoms with Gasteiger partial charge in [-0.3, -0.25) is 9.59 Å². The van der Waals surface area contributed by atoms with Gasteiger partial charge in [0.2, 0.25) is 5.91 Å². The van der Waals surface area contributed by atoms with Gasteiger partial charge in [-0.2, -0.15) is 0 Å². The fourth-order valence-corrected chi connectivity index (χ4v) is 2.90. The Kier molecular flexibility index (Phi) is 4.97. The van der Waals surface area contributed by atoms with Crippen LogP contribution in [0.25, 0.3) is 0 Å². The molecule has 1 aliphatic heterocycles. The number of nitrogens with zero attached hydrogens (tertiary/aromatic N) is 3. The van der Waals surface area contributed by atoms with E-state index in [0.717, 1.165) is 37.4 Å². The molecule has 6 nitrogen and oxygen atoms in total. The smallest absolute Gasteiger partial charge is 0.256 e. The SMILES string of the molecule is CC(=O)N1CCN(c2ccc(NC(=O)c3cccc(C)c3)nc2)CC1. The van der Waals surface area contributed by atoms with Gasteiger partial charge in [0, 0.05) is 38.7 Å². The zero-order valence-electron chi connectivity index (χ0n) is 14.5. The normalized spacial score (nSPS) is 14.3. The van der Waals surface area contributed by atoms with Crippen molar-refractivity contribution < 1.29 is 9.59 Å². The number of rotatable bonds is 3. The van der Waals surface area contributed by atoms with E-state index in [1.54, 1.807) is 25.3 Å². The number of carbonyl (C=O) groups excluding carboxylic acids is 2. The van der Waals surface area contributed by atoms with Crippen molar-refractivity contribution >= 4 is 23.3 Å². The van der Waals surface area contributed by atoms with Crippen molar-refractivity contribution in [2.45, 2.75) is 13.8 Å². The molecule has 6 heteroatoms. The van der Waals surface area contributed by atoms with Crippen molar-refractivity contribution in [3.05, 3.63) is 53.7 Å². The molecule has 0 unspecified atom stereocenters. The second-order valence-electron chi connectivity index (χ2n) is 6.22. The Hall–Kier alpha value is -2.89.